The first-order chi connectivity index (χ1) is 31.7. The highest BCUT2D eigenvalue weighted by molar-refractivity contribution is 7.21. The topological polar surface area (TPSA) is 39.9 Å². The molecule has 0 saturated carbocycles. The number of nitrogens with zero attached hydrogens (tertiary/aromatic N) is 3. The average molecular weight is 852 g/mol. The standard InChI is InChI=1S/C58H41N3OSi2/c1-5-21-43(22-6-1)63(44-23-7-2-8-24-44,47-29-19-20-42(38-47)51-30-15-17-36-59-51)48-34-35-49-50-40-55-57(41-53(50)61(52(49)39-48)58-33-16-18-37-60-58)64(45-25-9-3-10-26-45,46-27-11-4-12-28-46)56-32-14-13-31-54(56)62-55/h1-41H. The van der Waals surface area contributed by atoms with Crippen molar-refractivity contribution in [3.05, 3.63) is 249 Å². The minimum Gasteiger partial charge on any atom is -0.458 e. The van der Waals surface area contributed by atoms with E-state index in [4.69, 9.17) is 14.7 Å². The van der Waals surface area contributed by atoms with Crippen molar-refractivity contribution in [2.24, 2.45) is 0 Å². The number of fused-ring (bicyclic) bond motifs is 5. The first-order valence-electron chi connectivity index (χ1n) is 21.8. The molecule has 0 radical (unpaired) electrons. The molecule has 4 heterocycles. The lowest BCUT2D eigenvalue weighted by atomic mass is 10.1. The van der Waals surface area contributed by atoms with Gasteiger partial charge >= 0.3 is 0 Å². The van der Waals surface area contributed by atoms with Gasteiger partial charge in [-0.3, -0.25) is 9.55 Å². The summed E-state index contributed by atoms with van der Waals surface area (Å²) in [6.07, 6.45) is 3.77. The van der Waals surface area contributed by atoms with Crippen molar-refractivity contribution in [3.8, 4) is 28.6 Å². The van der Waals surface area contributed by atoms with Gasteiger partial charge in [0.15, 0.2) is 16.1 Å². The van der Waals surface area contributed by atoms with Gasteiger partial charge in [0.25, 0.3) is 0 Å². The van der Waals surface area contributed by atoms with Crippen molar-refractivity contribution in [1.29, 1.82) is 0 Å². The van der Waals surface area contributed by atoms with Crippen LogP contribution in [0.5, 0.6) is 11.5 Å². The second kappa shape index (κ2) is 15.5. The molecule has 4 nitrogen and oxygen atoms in total. The van der Waals surface area contributed by atoms with Gasteiger partial charge in [0, 0.05) is 28.7 Å². The van der Waals surface area contributed by atoms with E-state index in [9.17, 15) is 0 Å². The molecule has 6 heteroatoms. The summed E-state index contributed by atoms with van der Waals surface area (Å²) in [5, 5.41) is 12.5. The van der Waals surface area contributed by atoms with Crippen LogP contribution in [0, 0.1) is 0 Å². The predicted molar refractivity (Wildman–Crippen MR) is 269 cm³/mol. The number of para-hydroxylation sites is 1. The van der Waals surface area contributed by atoms with Crippen LogP contribution < -0.4 is 46.2 Å². The Morgan fingerprint density at radius 3 is 1.62 bits per heavy atom. The minimum atomic E-state index is -3.01. The fourth-order valence-electron chi connectivity index (χ4n) is 10.5. The number of benzene rings is 8. The Morgan fingerprint density at radius 2 is 0.969 bits per heavy atom. The summed E-state index contributed by atoms with van der Waals surface area (Å²) >= 11 is 0. The van der Waals surface area contributed by atoms with Crippen LogP contribution in [0.4, 0.5) is 0 Å². The van der Waals surface area contributed by atoms with Crippen molar-refractivity contribution >= 4 is 79.4 Å². The molecule has 1 aliphatic rings. The molecule has 0 N–H and O–H groups in total. The summed E-state index contributed by atoms with van der Waals surface area (Å²) in [6.45, 7) is 0. The van der Waals surface area contributed by atoms with E-state index < -0.39 is 16.1 Å². The molecule has 302 valence electrons. The lowest BCUT2D eigenvalue weighted by Gasteiger charge is -2.39. The van der Waals surface area contributed by atoms with Crippen LogP contribution in [0.2, 0.25) is 0 Å². The van der Waals surface area contributed by atoms with Crippen molar-refractivity contribution in [2.75, 3.05) is 0 Å². The molecule has 1 aliphatic heterocycles. The van der Waals surface area contributed by atoms with Crippen LogP contribution in [-0.4, -0.2) is 30.7 Å². The van der Waals surface area contributed by atoms with Crippen LogP contribution >= 0.6 is 0 Å². The molecular weight excluding hydrogens is 811 g/mol. The van der Waals surface area contributed by atoms with Crippen LogP contribution in [0.15, 0.2) is 249 Å². The molecule has 0 spiro atoms. The lowest BCUT2D eigenvalue weighted by molar-refractivity contribution is 0.488. The van der Waals surface area contributed by atoms with Crippen molar-refractivity contribution < 1.29 is 4.74 Å². The first kappa shape index (κ1) is 37.8. The van der Waals surface area contributed by atoms with E-state index in [0.29, 0.717) is 0 Å². The Bertz CT molecular complexity index is 3380. The maximum absolute atomic E-state index is 7.06. The Balaban J connectivity index is 1.20. The molecule has 3 aromatic heterocycles. The maximum Gasteiger partial charge on any atom is 0.188 e. The molecule has 0 amide bonds. The Hall–Kier alpha value is -7.91. The van der Waals surface area contributed by atoms with E-state index in [1.165, 1.54) is 41.5 Å². The van der Waals surface area contributed by atoms with E-state index in [0.717, 1.165) is 50.4 Å². The van der Waals surface area contributed by atoms with E-state index in [1.54, 1.807) is 0 Å². The average Bonchev–Trinajstić information content (AvgIpc) is 3.69. The smallest absolute Gasteiger partial charge is 0.188 e. The van der Waals surface area contributed by atoms with E-state index in [2.05, 4.69) is 229 Å². The van der Waals surface area contributed by atoms with Crippen molar-refractivity contribution in [2.45, 2.75) is 0 Å². The summed E-state index contributed by atoms with van der Waals surface area (Å²) in [7, 11) is -5.94. The molecule has 0 atom stereocenters. The van der Waals surface area contributed by atoms with Gasteiger partial charge in [0.05, 0.1) is 16.7 Å². The summed E-state index contributed by atoms with van der Waals surface area (Å²) in [5.41, 5.74) is 4.25. The SMILES string of the molecule is c1ccc([Si](c2ccccc2)(c2cccc(-c3ccccn3)c2)c2ccc3c4cc5c(cc4n(-c4ccccn4)c3c2)[Si](c2ccccc2)(c2ccccc2)c2ccccc2O5)cc1. The van der Waals surface area contributed by atoms with E-state index >= 15 is 0 Å². The molecule has 0 unspecified atom stereocenters. The van der Waals surface area contributed by atoms with Crippen LogP contribution in [-0.2, 0) is 0 Å². The number of rotatable bonds is 8. The lowest BCUT2D eigenvalue weighted by Crippen LogP contribution is -2.76. The second-order valence-corrected chi connectivity index (χ2v) is 24.0. The number of aromatic nitrogens is 3. The summed E-state index contributed by atoms with van der Waals surface area (Å²) in [6, 6.07) is 86.6. The molecule has 8 aromatic carbocycles. The van der Waals surface area contributed by atoms with Gasteiger partial charge in [-0.25, -0.2) is 4.98 Å². The summed E-state index contributed by atoms with van der Waals surface area (Å²) in [5.74, 6) is 2.68. The Morgan fingerprint density at radius 1 is 0.391 bits per heavy atom. The Labute approximate surface area is 374 Å². The van der Waals surface area contributed by atoms with Gasteiger partial charge < -0.3 is 4.74 Å². The summed E-state index contributed by atoms with van der Waals surface area (Å²) < 4.78 is 9.45. The molecule has 0 aliphatic carbocycles. The fraction of sp³-hybridized carbons (Fsp3) is 0. The molecule has 12 rings (SSSR count). The van der Waals surface area contributed by atoms with Crippen LogP contribution in [0.3, 0.4) is 0 Å². The minimum absolute atomic E-state index is 0.868. The molecule has 11 aromatic rings. The van der Waals surface area contributed by atoms with Gasteiger partial charge in [-0.15, -0.1) is 0 Å². The number of hydrogen-bond donors (Lipinski definition) is 0. The second-order valence-electron chi connectivity index (χ2n) is 16.5. The van der Waals surface area contributed by atoms with Gasteiger partial charge in [0.1, 0.15) is 17.3 Å². The third-order valence-electron chi connectivity index (χ3n) is 13.2. The third kappa shape index (κ3) is 5.80. The molecule has 0 saturated heterocycles. The third-order valence-corrected chi connectivity index (χ3v) is 22.7. The highest BCUT2D eigenvalue weighted by atomic mass is 28.3. The van der Waals surface area contributed by atoms with Crippen molar-refractivity contribution in [1.82, 2.24) is 14.5 Å². The van der Waals surface area contributed by atoms with E-state index in [1.807, 2.05) is 24.5 Å². The highest BCUT2D eigenvalue weighted by Crippen LogP contribution is 2.37. The van der Waals surface area contributed by atoms with Gasteiger partial charge in [0.2, 0.25) is 0 Å². The van der Waals surface area contributed by atoms with Gasteiger partial charge in [-0.1, -0.05) is 188 Å². The van der Waals surface area contributed by atoms with Gasteiger partial charge in [-0.2, -0.15) is 0 Å². The predicted octanol–water partition coefficient (Wildman–Crippen LogP) is 8.10. The molecule has 0 bridgehead atoms. The molecular formula is C58H41N3OSi2. The van der Waals surface area contributed by atoms with Crippen LogP contribution in [0.1, 0.15) is 0 Å². The number of ether oxygens (including phenoxy) is 1. The maximum atomic E-state index is 7.06. The zero-order valence-electron chi connectivity index (χ0n) is 34.9. The fourth-order valence-corrected chi connectivity index (χ4v) is 20.2. The molecule has 64 heavy (non-hydrogen) atoms. The van der Waals surface area contributed by atoms with E-state index in [-0.39, 0.29) is 0 Å². The Kier molecular flexibility index (Phi) is 9.14. The highest BCUT2D eigenvalue weighted by Gasteiger charge is 2.48. The quantitative estimate of drug-likeness (QED) is 0.115. The molecule has 0 fully saturated rings. The van der Waals surface area contributed by atoms with Crippen molar-refractivity contribution in [3.63, 3.8) is 0 Å². The summed E-state index contributed by atoms with van der Waals surface area (Å²) in [4.78, 5) is 9.87. The van der Waals surface area contributed by atoms with Gasteiger partial charge in [-0.05, 0) is 90.0 Å². The zero-order valence-corrected chi connectivity index (χ0v) is 36.9. The zero-order chi connectivity index (χ0) is 42.5. The van der Waals surface area contributed by atoms with Crippen LogP contribution in [0.25, 0.3) is 38.9 Å². The first-order valence-corrected chi connectivity index (χ1v) is 25.8. The monoisotopic (exact) mass is 851 g/mol. The number of pyridine rings is 2. The number of hydrogen-bond acceptors (Lipinski definition) is 3. The largest absolute Gasteiger partial charge is 0.458 e. The normalized spacial score (nSPS) is 12.9.